The van der Waals surface area contributed by atoms with Crippen LogP contribution in [0.25, 0.3) is 0 Å². The molecule has 1 aromatic carbocycles. The van der Waals surface area contributed by atoms with Gasteiger partial charge in [0.1, 0.15) is 0 Å². The Morgan fingerprint density at radius 1 is 1.33 bits per heavy atom. The zero-order valence-corrected chi connectivity index (χ0v) is 8.12. The molecule has 0 aliphatic carbocycles. The van der Waals surface area contributed by atoms with Gasteiger partial charge in [-0.05, 0) is 12.5 Å². The van der Waals surface area contributed by atoms with E-state index in [9.17, 15) is 13.2 Å². The molecule has 0 spiro atoms. The molecule has 0 amide bonds. The number of aryl methyl sites for hydroxylation is 1. The molecule has 84 valence electrons. The first kappa shape index (κ1) is 12.0. The molecule has 1 rings (SSSR count). The van der Waals surface area contributed by atoms with E-state index in [-0.39, 0.29) is 5.56 Å². The number of aliphatic hydroxyl groups excluding tert-OH is 1. The Kier molecular flexibility index (Phi) is 3.36. The fraction of sp³-hybridized carbons (Fsp3) is 0.400. The summed E-state index contributed by atoms with van der Waals surface area (Å²) < 4.78 is 36.5. The van der Waals surface area contributed by atoms with Gasteiger partial charge in [-0.15, -0.1) is 0 Å². The Morgan fingerprint density at radius 3 is 2.40 bits per heavy atom. The lowest BCUT2D eigenvalue weighted by molar-refractivity contribution is -0.210. The van der Waals surface area contributed by atoms with Crippen LogP contribution in [0, 0.1) is 6.92 Å². The third-order valence-corrected chi connectivity index (χ3v) is 2.10. The molecule has 0 aromatic heterocycles. The summed E-state index contributed by atoms with van der Waals surface area (Å²) in [6.07, 6.45) is -7.22. The number of halogens is 3. The van der Waals surface area contributed by atoms with Crippen LogP contribution in [0.3, 0.4) is 0 Å². The van der Waals surface area contributed by atoms with Crippen LogP contribution in [-0.2, 0) is 0 Å². The molecule has 0 bridgehead atoms. The highest BCUT2D eigenvalue weighted by Gasteiger charge is 2.42. The second-order valence-corrected chi connectivity index (χ2v) is 3.43. The van der Waals surface area contributed by atoms with E-state index < -0.39 is 18.3 Å². The van der Waals surface area contributed by atoms with Crippen LogP contribution in [0.5, 0.6) is 0 Å². The summed E-state index contributed by atoms with van der Waals surface area (Å²) in [6.45, 7) is 1.75. The van der Waals surface area contributed by atoms with Gasteiger partial charge in [-0.3, -0.25) is 0 Å². The van der Waals surface area contributed by atoms with Gasteiger partial charge in [0.25, 0.3) is 0 Å². The fourth-order valence-electron chi connectivity index (χ4n) is 1.26. The van der Waals surface area contributed by atoms with Gasteiger partial charge in [-0.1, -0.05) is 29.8 Å². The van der Waals surface area contributed by atoms with Crippen LogP contribution in [0.4, 0.5) is 13.2 Å². The Labute approximate surface area is 85.5 Å². The molecule has 0 saturated carbocycles. The van der Waals surface area contributed by atoms with E-state index in [1.807, 2.05) is 0 Å². The molecule has 1 aromatic rings. The monoisotopic (exact) mass is 219 g/mol. The van der Waals surface area contributed by atoms with Crippen molar-refractivity contribution in [2.45, 2.75) is 25.2 Å². The average molecular weight is 219 g/mol. The molecular formula is C10H12F3NO. The first-order valence-corrected chi connectivity index (χ1v) is 4.39. The van der Waals surface area contributed by atoms with Crippen molar-refractivity contribution < 1.29 is 18.3 Å². The summed E-state index contributed by atoms with van der Waals surface area (Å²) in [6, 6.07) is 4.90. The lowest BCUT2D eigenvalue weighted by atomic mass is 10.0. The van der Waals surface area contributed by atoms with Crippen molar-refractivity contribution in [1.29, 1.82) is 0 Å². The van der Waals surface area contributed by atoms with Crippen molar-refractivity contribution in [1.82, 2.24) is 0 Å². The van der Waals surface area contributed by atoms with Gasteiger partial charge in [-0.25, -0.2) is 0 Å². The molecule has 15 heavy (non-hydrogen) atoms. The summed E-state index contributed by atoms with van der Waals surface area (Å²) in [4.78, 5) is 0. The molecule has 0 saturated heterocycles. The topological polar surface area (TPSA) is 46.2 Å². The summed E-state index contributed by atoms with van der Waals surface area (Å²) in [7, 11) is 0. The molecule has 0 heterocycles. The van der Waals surface area contributed by atoms with Crippen molar-refractivity contribution in [3.8, 4) is 0 Å². The zero-order chi connectivity index (χ0) is 11.6. The van der Waals surface area contributed by atoms with Gasteiger partial charge in [-0.2, -0.15) is 13.2 Å². The standard InChI is InChI=1S/C10H12F3NO/c1-6-3-2-4-7(5-6)8(14)9(15)10(11,12)13/h2-5,8-9,15H,14H2,1H3/t8-,9-/m1/s1. The van der Waals surface area contributed by atoms with Crippen molar-refractivity contribution in [3.05, 3.63) is 35.4 Å². The third kappa shape index (κ3) is 2.94. The maximum atomic E-state index is 12.2. The van der Waals surface area contributed by atoms with Crippen molar-refractivity contribution >= 4 is 0 Å². The Morgan fingerprint density at radius 2 is 1.93 bits per heavy atom. The molecule has 3 N–H and O–H groups in total. The molecule has 5 heteroatoms. The number of benzene rings is 1. The van der Waals surface area contributed by atoms with E-state index in [2.05, 4.69) is 0 Å². The van der Waals surface area contributed by atoms with E-state index in [0.717, 1.165) is 5.56 Å². The predicted octanol–water partition coefficient (Wildman–Crippen LogP) is 1.92. The summed E-state index contributed by atoms with van der Waals surface area (Å²) in [5, 5.41) is 8.95. The highest BCUT2D eigenvalue weighted by atomic mass is 19.4. The van der Waals surface area contributed by atoms with Crippen LogP contribution < -0.4 is 5.73 Å². The number of aliphatic hydroxyl groups is 1. The summed E-state index contributed by atoms with van der Waals surface area (Å²) >= 11 is 0. The number of hydrogen-bond donors (Lipinski definition) is 2. The van der Waals surface area contributed by atoms with E-state index in [0.29, 0.717) is 0 Å². The molecule has 0 radical (unpaired) electrons. The fourth-order valence-corrected chi connectivity index (χ4v) is 1.26. The Balaban J connectivity index is 2.90. The molecule has 2 nitrogen and oxygen atoms in total. The number of hydrogen-bond acceptors (Lipinski definition) is 2. The number of alkyl halides is 3. The smallest absolute Gasteiger partial charge is 0.382 e. The van der Waals surface area contributed by atoms with Crippen LogP contribution in [0.15, 0.2) is 24.3 Å². The first-order valence-electron chi connectivity index (χ1n) is 4.39. The molecule has 0 aliphatic rings. The predicted molar refractivity (Wildman–Crippen MR) is 50.2 cm³/mol. The highest BCUT2D eigenvalue weighted by Crippen LogP contribution is 2.28. The molecule has 2 atom stereocenters. The number of rotatable bonds is 2. The second kappa shape index (κ2) is 4.20. The molecule has 0 fully saturated rings. The largest absolute Gasteiger partial charge is 0.416 e. The highest BCUT2D eigenvalue weighted by molar-refractivity contribution is 5.25. The maximum Gasteiger partial charge on any atom is 0.416 e. The van der Waals surface area contributed by atoms with E-state index >= 15 is 0 Å². The van der Waals surface area contributed by atoms with Crippen LogP contribution in [0.2, 0.25) is 0 Å². The Bertz CT molecular complexity index is 338. The summed E-state index contributed by atoms with van der Waals surface area (Å²) in [5.41, 5.74) is 6.40. The lowest BCUT2D eigenvalue weighted by Crippen LogP contribution is -2.38. The average Bonchev–Trinajstić information content (AvgIpc) is 2.14. The number of nitrogens with two attached hydrogens (primary N) is 1. The Hall–Kier alpha value is -1.07. The summed E-state index contributed by atoms with van der Waals surface area (Å²) in [5.74, 6) is 0. The maximum absolute atomic E-state index is 12.2. The van der Waals surface area contributed by atoms with Gasteiger partial charge in [0.15, 0.2) is 6.10 Å². The lowest BCUT2D eigenvalue weighted by Gasteiger charge is -2.21. The van der Waals surface area contributed by atoms with Gasteiger partial charge in [0.2, 0.25) is 0 Å². The van der Waals surface area contributed by atoms with E-state index in [1.54, 1.807) is 19.1 Å². The second-order valence-electron chi connectivity index (χ2n) is 3.43. The van der Waals surface area contributed by atoms with Crippen molar-refractivity contribution in [3.63, 3.8) is 0 Å². The first-order chi connectivity index (χ1) is 6.82. The van der Waals surface area contributed by atoms with Crippen LogP contribution >= 0.6 is 0 Å². The van der Waals surface area contributed by atoms with Crippen LogP contribution in [0.1, 0.15) is 17.2 Å². The van der Waals surface area contributed by atoms with Gasteiger partial charge >= 0.3 is 6.18 Å². The van der Waals surface area contributed by atoms with E-state index in [1.165, 1.54) is 12.1 Å². The van der Waals surface area contributed by atoms with Crippen molar-refractivity contribution in [2.75, 3.05) is 0 Å². The molecular weight excluding hydrogens is 207 g/mol. The minimum Gasteiger partial charge on any atom is -0.382 e. The van der Waals surface area contributed by atoms with Crippen molar-refractivity contribution in [2.24, 2.45) is 5.73 Å². The quantitative estimate of drug-likeness (QED) is 0.798. The minimum absolute atomic E-state index is 0.278. The van der Waals surface area contributed by atoms with Gasteiger partial charge in [0, 0.05) is 0 Å². The molecule has 0 aliphatic heterocycles. The normalized spacial score (nSPS) is 16.1. The third-order valence-electron chi connectivity index (χ3n) is 2.10. The van der Waals surface area contributed by atoms with Crippen LogP contribution in [-0.4, -0.2) is 17.4 Å². The van der Waals surface area contributed by atoms with Gasteiger partial charge < -0.3 is 10.8 Å². The zero-order valence-electron chi connectivity index (χ0n) is 8.12. The van der Waals surface area contributed by atoms with E-state index in [4.69, 9.17) is 10.8 Å². The minimum atomic E-state index is -4.69. The SMILES string of the molecule is Cc1cccc([C@@H](N)[C@@H](O)C(F)(F)F)c1. The molecule has 0 unspecified atom stereocenters. The van der Waals surface area contributed by atoms with Gasteiger partial charge in [0.05, 0.1) is 6.04 Å².